The highest BCUT2D eigenvalue weighted by Gasteiger charge is 2.13. The maximum absolute atomic E-state index is 12.2. The average molecular weight is 453 g/mol. The van der Waals surface area contributed by atoms with Crippen molar-refractivity contribution in [2.75, 3.05) is 18.2 Å². The summed E-state index contributed by atoms with van der Waals surface area (Å²) in [6.45, 7) is 0.251. The fraction of sp³-hybridized carbons (Fsp3) is 0.211. The maximum Gasteiger partial charge on any atom is 0.234 e. The normalized spacial score (nSPS) is 10.6. The molecule has 0 bridgehead atoms. The number of carbonyl (C=O) groups is 1. The lowest BCUT2D eigenvalue weighted by atomic mass is 10.3. The van der Waals surface area contributed by atoms with Crippen LogP contribution in [0.3, 0.4) is 0 Å². The second kappa shape index (κ2) is 9.87. The van der Waals surface area contributed by atoms with Gasteiger partial charge in [-0.1, -0.05) is 35.0 Å². The molecule has 10 heteroatoms. The minimum atomic E-state index is -0.224. The summed E-state index contributed by atoms with van der Waals surface area (Å²) in [7, 11) is 3.43. The van der Waals surface area contributed by atoms with E-state index < -0.39 is 0 Å². The summed E-state index contributed by atoms with van der Waals surface area (Å²) in [5.74, 6) is 2.02. The third-order valence-electron chi connectivity index (χ3n) is 3.89. The second-order valence-corrected chi connectivity index (χ2v) is 7.67. The molecular weight excluding hydrogens is 435 g/mol. The number of halogens is 2. The molecule has 0 saturated carbocycles. The number of carbonyl (C=O) groups excluding carboxylic acids is 1. The number of anilines is 1. The minimum absolute atomic E-state index is 0.147. The van der Waals surface area contributed by atoms with Gasteiger partial charge in [-0.3, -0.25) is 4.79 Å². The second-order valence-electron chi connectivity index (χ2n) is 5.88. The van der Waals surface area contributed by atoms with Gasteiger partial charge in [0.05, 0.1) is 23.6 Å². The van der Waals surface area contributed by atoms with Crippen LogP contribution in [0.4, 0.5) is 5.69 Å². The van der Waals surface area contributed by atoms with Gasteiger partial charge in [0, 0.05) is 12.1 Å². The minimum Gasteiger partial charge on any atom is -0.497 e. The van der Waals surface area contributed by atoms with Crippen LogP contribution in [-0.4, -0.2) is 33.5 Å². The molecule has 3 rings (SSSR count). The molecule has 152 valence electrons. The summed E-state index contributed by atoms with van der Waals surface area (Å²) >= 11 is 13.3. The van der Waals surface area contributed by atoms with Crippen LogP contribution < -0.4 is 14.8 Å². The Labute approximate surface area is 182 Å². The number of amides is 1. The molecule has 0 aliphatic rings. The SMILES string of the molecule is COc1ccc(OCc2nnc(SCC(=O)Nc3cc(Cl)ccc3Cl)n2C)cc1. The molecule has 0 atom stereocenters. The summed E-state index contributed by atoms with van der Waals surface area (Å²) in [4.78, 5) is 12.2. The van der Waals surface area contributed by atoms with Gasteiger partial charge in [-0.2, -0.15) is 0 Å². The van der Waals surface area contributed by atoms with E-state index >= 15 is 0 Å². The van der Waals surface area contributed by atoms with Crippen molar-refractivity contribution in [1.29, 1.82) is 0 Å². The van der Waals surface area contributed by atoms with Crippen LogP contribution >= 0.6 is 35.0 Å². The van der Waals surface area contributed by atoms with Gasteiger partial charge in [-0.15, -0.1) is 10.2 Å². The molecule has 2 aromatic carbocycles. The first-order chi connectivity index (χ1) is 14.0. The van der Waals surface area contributed by atoms with Crippen LogP contribution in [0, 0.1) is 0 Å². The number of hydrogen-bond donors (Lipinski definition) is 1. The van der Waals surface area contributed by atoms with Crippen molar-refractivity contribution >= 4 is 46.6 Å². The van der Waals surface area contributed by atoms with Gasteiger partial charge in [-0.05, 0) is 42.5 Å². The third-order valence-corrected chi connectivity index (χ3v) is 5.47. The fourth-order valence-electron chi connectivity index (χ4n) is 2.33. The molecule has 1 N–H and O–H groups in total. The van der Waals surface area contributed by atoms with Gasteiger partial charge in [0.25, 0.3) is 0 Å². The molecule has 29 heavy (non-hydrogen) atoms. The summed E-state index contributed by atoms with van der Waals surface area (Å²) < 4.78 is 12.6. The van der Waals surface area contributed by atoms with E-state index in [0.717, 1.165) is 5.75 Å². The van der Waals surface area contributed by atoms with Gasteiger partial charge in [-0.25, -0.2) is 0 Å². The zero-order chi connectivity index (χ0) is 20.8. The Hall–Kier alpha value is -2.42. The van der Waals surface area contributed by atoms with E-state index in [1.54, 1.807) is 29.9 Å². The highest BCUT2D eigenvalue weighted by Crippen LogP contribution is 2.26. The van der Waals surface area contributed by atoms with Crippen LogP contribution in [0.2, 0.25) is 10.0 Å². The number of hydrogen-bond acceptors (Lipinski definition) is 6. The Morgan fingerprint density at radius 3 is 2.59 bits per heavy atom. The van der Waals surface area contributed by atoms with E-state index in [9.17, 15) is 4.79 Å². The highest BCUT2D eigenvalue weighted by molar-refractivity contribution is 7.99. The molecule has 1 amide bonds. The van der Waals surface area contributed by atoms with Gasteiger partial charge >= 0.3 is 0 Å². The van der Waals surface area contributed by atoms with Crippen LogP contribution in [0.5, 0.6) is 11.5 Å². The third kappa shape index (κ3) is 5.79. The average Bonchev–Trinajstić information content (AvgIpc) is 3.07. The maximum atomic E-state index is 12.2. The van der Waals surface area contributed by atoms with Crippen molar-refractivity contribution in [2.45, 2.75) is 11.8 Å². The Balaban J connectivity index is 1.53. The van der Waals surface area contributed by atoms with E-state index in [1.807, 2.05) is 31.3 Å². The number of nitrogens with zero attached hydrogens (tertiary/aromatic N) is 3. The molecule has 3 aromatic rings. The molecular formula is C19H18Cl2N4O3S. The number of benzene rings is 2. The molecule has 0 spiro atoms. The first kappa shape index (κ1) is 21.3. The summed E-state index contributed by atoms with van der Waals surface area (Å²) in [5, 5.41) is 12.5. The molecule has 0 fully saturated rings. The number of ether oxygens (including phenoxy) is 2. The predicted molar refractivity (Wildman–Crippen MR) is 114 cm³/mol. The molecule has 0 saturated heterocycles. The van der Waals surface area contributed by atoms with E-state index in [0.29, 0.717) is 32.5 Å². The highest BCUT2D eigenvalue weighted by atomic mass is 35.5. The summed E-state index contributed by atoms with van der Waals surface area (Å²) in [5.41, 5.74) is 0.469. The molecule has 0 radical (unpaired) electrons. The molecule has 0 unspecified atom stereocenters. The van der Waals surface area contributed by atoms with Gasteiger partial charge in [0.1, 0.15) is 18.1 Å². The van der Waals surface area contributed by atoms with Gasteiger partial charge in [0.2, 0.25) is 5.91 Å². The van der Waals surface area contributed by atoms with Crippen molar-refractivity contribution in [3.05, 3.63) is 58.3 Å². The van der Waals surface area contributed by atoms with Crippen molar-refractivity contribution < 1.29 is 14.3 Å². The van der Waals surface area contributed by atoms with Crippen LogP contribution in [-0.2, 0) is 18.4 Å². The first-order valence-corrected chi connectivity index (χ1v) is 10.2. The van der Waals surface area contributed by atoms with Gasteiger partial charge in [0.15, 0.2) is 11.0 Å². The lowest BCUT2D eigenvalue weighted by Gasteiger charge is -2.08. The zero-order valence-corrected chi connectivity index (χ0v) is 18.0. The number of methoxy groups -OCH3 is 1. The standard InChI is InChI=1S/C19H18Cl2N4O3S/c1-25-17(10-28-14-6-4-13(27-2)5-7-14)23-24-19(25)29-11-18(26)22-16-9-12(20)3-8-15(16)21/h3-9H,10-11H2,1-2H3,(H,22,26). The van der Waals surface area contributed by atoms with E-state index in [4.69, 9.17) is 32.7 Å². The smallest absolute Gasteiger partial charge is 0.234 e. The predicted octanol–water partition coefficient (Wildman–Crippen LogP) is 4.44. The number of rotatable bonds is 8. The zero-order valence-electron chi connectivity index (χ0n) is 15.7. The lowest BCUT2D eigenvalue weighted by Crippen LogP contribution is -2.15. The van der Waals surface area contributed by atoms with Crippen molar-refractivity contribution in [2.24, 2.45) is 7.05 Å². The van der Waals surface area contributed by atoms with Crippen molar-refractivity contribution in [1.82, 2.24) is 14.8 Å². The number of aromatic nitrogens is 3. The van der Waals surface area contributed by atoms with Crippen LogP contribution in [0.25, 0.3) is 0 Å². The van der Waals surface area contributed by atoms with Crippen molar-refractivity contribution in [3.63, 3.8) is 0 Å². The molecule has 1 aromatic heterocycles. The monoisotopic (exact) mass is 452 g/mol. The Kier molecular flexibility index (Phi) is 7.24. The van der Waals surface area contributed by atoms with E-state index in [2.05, 4.69) is 15.5 Å². The molecule has 0 aliphatic carbocycles. The number of nitrogens with one attached hydrogen (secondary N) is 1. The van der Waals surface area contributed by atoms with Crippen molar-refractivity contribution in [3.8, 4) is 11.5 Å². The Bertz CT molecular complexity index is 996. The molecule has 1 heterocycles. The summed E-state index contributed by atoms with van der Waals surface area (Å²) in [6.07, 6.45) is 0. The van der Waals surface area contributed by atoms with Crippen LogP contribution in [0.1, 0.15) is 5.82 Å². The Morgan fingerprint density at radius 2 is 1.86 bits per heavy atom. The van der Waals surface area contributed by atoms with E-state index in [-0.39, 0.29) is 18.3 Å². The first-order valence-electron chi connectivity index (χ1n) is 8.49. The summed E-state index contributed by atoms with van der Waals surface area (Å²) in [6, 6.07) is 12.2. The van der Waals surface area contributed by atoms with Gasteiger partial charge < -0.3 is 19.4 Å². The quantitative estimate of drug-likeness (QED) is 0.508. The number of thioether (sulfide) groups is 1. The fourth-order valence-corrected chi connectivity index (χ4v) is 3.39. The topological polar surface area (TPSA) is 78.3 Å². The Morgan fingerprint density at radius 1 is 1.14 bits per heavy atom. The molecule has 0 aliphatic heterocycles. The van der Waals surface area contributed by atoms with E-state index in [1.165, 1.54) is 11.8 Å². The largest absolute Gasteiger partial charge is 0.497 e. The molecule has 7 nitrogen and oxygen atoms in total. The lowest BCUT2D eigenvalue weighted by molar-refractivity contribution is -0.113. The van der Waals surface area contributed by atoms with Crippen LogP contribution in [0.15, 0.2) is 47.6 Å².